The summed E-state index contributed by atoms with van der Waals surface area (Å²) in [6.45, 7) is 6.20. The van der Waals surface area contributed by atoms with Gasteiger partial charge in [-0.3, -0.25) is 9.69 Å². The molecule has 8 nitrogen and oxygen atoms in total. The maximum atomic E-state index is 12.5. The van der Waals surface area contributed by atoms with Crippen LogP contribution in [0.1, 0.15) is 27.2 Å². The number of ether oxygens (including phenoxy) is 2. The minimum atomic E-state index is -0.925. The van der Waals surface area contributed by atoms with Crippen LogP contribution in [0.15, 0.2) is 18.2 Å². The van der Waals surface area contributed by atoms with E-state index in [-0.39, 0.29) is 19.5 Å². The van der Waals surface area contributed by atoms with Crippen LogP contribution in [-0.2, 0) is 9.53 Å². The second-order valence-corrected chi connectivity index (χ2v) is 6.86. The number of hydrogen-bond donors (Lipinski definition) is 1. The summed E-state index contributed by atoms with van der Waals surface area (Å²) in [4.78, 5) is 26.6. The van der Waals surface area contributed by atoms with Crippen molar-refractivity contribution in [2.45, 2.75) is 32.8 Å². The average Bonchev–Trinajstić information content (AvgIpc) is 2.53. The van der Waals surface area contributed by atoms with E-state index in [1.807, 2.05) is 6.07 Å². The molecule has 0 radical (unpaired) electrons. The Morgan fingerprint density at radius 1 is 1.42 bits per heavy atom. The Labute approximate surface area is 152 Å². The van der Waals surface area contributed by atoms with Crippen molar-refractivity contribution in [1.82, 2.24) is 0 Å². The highest BCUT2D eigenvalue weighted by atomic mass is 16.6. The Balaban J connectivity index is 2.30. The summed E-state index contributed by atoms with van der Waals surface area (Å²) in [7, 11) is 0. The molecule has 0 bridgehead atoms. The van der Waals surface area contributed by atoms with Gasteiger partial charge in [0.15, 0.2) is 0 Å². The third-order valence-corrected chi connectivity index (χ3v) is 3.60. The number of nitriles is 1. The van der Waals surface area contributed by atoms with E-state index in [4.69, 9.17) is 19.8 Å². The van der Waals surface area contributed by atoms with Gasteiger partial charge in [-0.25, -0.2) is 4.79 Å². The third-order valence-electron chi connectivity index (χ3n) is 3.60. The lowest BCUT2D eigenvalue weighted by Gasteiger charge is -2.32. The average molecular weight is 361 g/mol. The molecule has 0 saturated heterocycles. The van der Waals surface area contributed by atoms with Crippen molar-refractivity contribution in [2.24, 2.45) is 0 Å². The number of nitrogens with zero attached hydrogens (tertiary/aromatic N) is 3. The number of hydrogen-bond acceptors (Lipinski definition) is 6. The first kappa shape index (κ1) is 19.4. The first-order valence-corrected chi connectivity index (χ1v) is 8.32. The number of rotatable bonds is 5. The van der Waals surface area contributed by atoms with E-state index in [0.717, 1.165) is 0 Å². The fraction of sp³-hybridized carbons (Fsp3) is 0.500. The van der Waals surface area contributed by atoms with Crippen LogP contribution in [0, 0.1) is 11.3 Å². The molecule has 8 heteroatoms. The van der Waals surface area contributed by atoms with Gasteiger partial charge in [0.25, 0.3) is 0 Å². The number of carbonyl (C=O) groups is 2. The van der Waals surface area contributed by atoms with Crippen LogP contribution in [0.3, 0.4) is 0 Å². The smallest absolute Gasteiger partial charge is 0.414 e. The van der Waals surface area contributed by atoms with Crippen molar-refractivity contribution in [3.63, 3.8) is 0 Å². The molecule has 0 aromatic heterocycles. The topological polar surface area (TPSA) is 103 Å². The van der Waals surface area contributed by atoms with Gasteiger partial charge < -0.3 is 19.5 Å². The molecule has 0 saturated carbocycles. The molecular formula is C18H23N3O5. The van der Waals surface area contributed by atoms with E-state index in [2.05, 4.69) is 0 Å². The first-order chi connectivity index (χ1) is 12.2. The van der Waals surface area contributed by atoms with Gasteiger partial charge >= 0.3 is 12.1 Å². The van der Waals surface area contributed by atoms with Gasteiger partial charge in [-0.05, 0) is 32.9 Å². The number of carbonyl (C=O) groups excluding carboxylic acids is 1. The molecule has 1 aromatic rings. The van der Waals surface area contributed by atoms with Gasteiger partial charge in [-0.15, -0.1) is 0 Å². The quantitative estimate of drug-likeness (QED) is 0.860. The maximum absolute atomic E-state index is 12.5. The zero-order valence-electron chi connectivity index (χ0n) is 15.2. The summed E-state index contributed by atoms with van der Waals surface area (Å²) >= 11 is 0. The van der Waals surface area contributed by atoms with E-state index >= 15 is 0 Å². The van der Waals surface area contributed by atoms with Crippen molar-refractivity contribution in [3.8, 4) is 11.8 Å². The van der Waals surface area contributed by atoms with Gasteiger partial charge in [0.1, 0.15) is 24.5 Å². The van der Waals surface area contributed by atoms with Crippen LogP contribution >= 0.6 is 0 Å². The number of aliphatic carboxylic acids is 1. The molecule has 1 amide bonds. The molecule has 0 unspecified atom stereocenters. The molecular weight excluding hydrogens is 338 g/mol. The summed E-state index contributed by atoms with van der Waals surface area (Å²) in [6.07, 6.45) is -0.395. The summed E-state index contributed by atoms with van der Waals surface area (Å²) in [5.74, 6) is -0.424. The van der Waals surface area contributed by atoms with Gasteiger partial charge in [0.05, 0.1) is 30.4 Å². The lowest BCUT2D eigenvalue weighted by Crippen LogP contribution is -2.38. The van der Waals surface area contributed by atoms with Crippen molar-refractivity contribution in [2.75, 3.05) is 36.0 Å². The largest absolute Gasteiger partial charge is 0.489 e. The Kier molecular flexibility index (Phi) is 5.93. The van der Waals surface area contributed by atoms with Crippen molar-refractivity contribution >= 4 is 23.4 Å². The second kappa shape index (κ2) is 7.95. The van der Waals surface area contributed by atoms with E-state index < -0.39 is 17.7 Å². The zero-order chi connectivity index (χ0) is 19.3. The molecule has 1 aliphatic rings. The predicted octanol–water partition coefficient (Wildman–Crippen LogP) is 2.63. The molecule has 26 heavy (non-hydrogen) atoms. The van der Waals surface area contributed by atoms with Gasteiger partial charge in [-0.1, -0.05) is 0 Å². The van der Waals surface area contributed by atoms with Gasteiger partial charge in [0.2, 0.25) is 0 Å². The number of amides is 1. The van der Waals surface area contributed by atoms with E-state index in [1.165, 1.54) is 4.90 Å². The molecule has 0 atom stereocenters. The lowest BCUT2D eigenvalue weighted by atomic mass is 10.2. The fourth-order valence-corrected chi connectivity index (χ4v) is 2.57. The number of benzene rings is 1. The summed E-state index contributed by atoms with van der Waals surface area (Å²) in [5, 5.41) is 17.9. The SMILES string of the molecule is CC(C)(C)OC(=O)N(CCC#N)c1ccc2c(c1)OCCN2CC(=O)O. The number of anilines is 2. The summed E-state index contributed by atoms with van der Waals surface area (Å²) in [6, 6.07) is 7.11. The normalized spacial score (nSPS) is 13.2. The van der Waals surface area contributed by atoms with E-state index in [0.29, 0.717) is 30.3 Å². The first-order valence-electron chi connectivity index (χ1n) is 8.32. The molecule has 1 aliphatic heterocycles. The zero-order valence-corrected chi connectivity index (χ0v) is 15.2. The van der Waals surface area contributed by atoms with Crippen LogP contribution in [0.4, 0.5) is 16.2 Å². The van der Waals surface area contributed by atoms with Gasteiger partial charge in [-0.2, -0.15) is 5.26 Å². The molecule has 1 heterocycles. The van der Waals surface area contributed by atoms with Crippen LogP contribution in [0.25, 0.3) is 0 Å². The molecule has 0 fully saturated rings. The summed E-state index contributed by atoms with van der Waals surface area (Å²) in [5.41, 5.74) is 0.530. The van der Waals surface area contributed by atoms with Crippen LogP contribution < -0.4 is 14.5 Å². The predicted molar refractivity (Wildman–Crippen MR) is 95.6 cm³/mol. The molecule has 1 aromatic carbocycles. The van der Waals surface area contributed by atoms with Crippen molar-refractivity contribution in [3.05, 3.63) is 18.2 Å². The lowest BCUT2D eigenvalue weighted by molar-refractivity contribution is -0.135. The Bertz CT molecular complexity index is 721. The third kappa shape index (κ3) is 5.02. The molecule has 0 aliphatic carbocycles. The van der Waals surface area contributed by atoms with Crippen LogP contribution in [0.5, 0.6) is 5.75 Å². The fourth-order valence-electron chi connectivity index (χ4n) is 2.57. The highest BCUT2D eigenvalue weighted by Crippen LogP contribution is 2.35. The highest BCUT2D eigenvalue weighted by molar-refractivity contribution is 5.89. The van der Waals surface area contributed by atoms with Crippen molar-refractivity contribution in [1.29, 1.82) is 5.26 Å². The number of carboxylic acid groups (broad SMARTS) is 1. The summed E-state index contributed by atoms with van der Waals surface area (Å²) < 4.78 is 11.1. The second-order valence-electron chi connectivity index (χ2n) is 6.86. The molecule has 0 spiro atoms. The number of carboxylic acids is 1. The minimum absolute atomic E-state index is 0.125. The molecule has 1 N–H and O–H groups in total. The monoisotopic (exact) mass is 361 g/mol. The Hall–Kier alpha value is -2.95. The van der Waals surface area contributed by atoms with E-state index in [9.17, 15) is 9.59 Å². The maximum Gasteiger partial charge on any atom is 0.414 e. The van der Waals surface area contributed by atoms with Crippen LogP contribution in [-0.4, -0.2) is 49.0 Å². The molecule has 2 rings (SSSR count). The van der Waals surface area contributed by atoms with Gasteiger partial charge in [0, 0.05) is 12.6 Å². The standard InChI is InChI=1S/C18H23N3O5/c1-18(2,3)26-17(24)21(8-4-7-19)13-5-6-14-15(11-13)25-10-9-20(14)12-16(22)23/h5-6,11H,4,8-10,12H2,1-3H3,(H,22,23). The minimum Gasteiger partial charge on any atom is -0.489 e. The Morgan fingerprint density at radius 2 is 2.15 bits per heavy atom. The van der Waals surface area contributed by atoms with E-state index in [1.54, 1.807) is 43.9 Å². The van der Waals surface area contributed by atoms with Crippen LogP contribution in [0.2, 0.25) is 0 Å². The van der Waals surface area contributed by atoms with Crippen molar-refractivity contribution < 1.29 is 24.2 Å². The molecule has 140 valence electrons. The Morgan fingerprint density at radius 3 is 2.77 bits per heavy atom. The number of fused-ring (bicyclic) bond motifs is 1. The highest BCUT2D eigenvalue weighted by Gasteiger charge is 2.26.